The maximum atomic E-state index is 11.9. The lowest BCUT2D eigenvalue weighted by molar-refractivity contribution is -0.132. The number of carbonyl (C=O) groups excluding carboxylic acids is 2. The number of likely N-dealkylation sites (tertiary alicyclic amines) is 1. The molecule has 0 unspecified atom stereocenters. The number of hydrogen-bond acceptors (Lipinski definition) is 4. The fourth-order valence-corrected chi connectivity index (χ4v) is 2.90. The third kappa shape index (κ3) is 4.92. The van der Waals surface area contributed by atoms with E-state index < -0.39 is 0 Å². The van der Waals surface area contributed by atoms with Gasteiger partial charge in [-0.15, -0.1) is 0 Å². The van der Waals surface area contributed by atoms with E-state index in [1.165, 1.54) is 0 Å². The molecule has 6 nitrogen and oxygen atoms in total. The predicted octanol–water partition coefficient (Wildman–Crippen LogP) is 2.40. The first kappa shape index (κ1) is 17.2. The van der Waals surface area contributed by atoms with E-state index >= 15 is 0 Å². The molecule has 2 amide bonds. The highest BCUT2D eigenvalue weighted by Gasteiger charge is 2.18. The summed E-state index contributed by atoms with van der Waals surface area (Å²) in [5, 5.41) is 2.70. The van der Waals surface area contributed by atoms with Crippen LogP contribution >= 0.6 is 0 Å². The Balaban J connectivity index is 1.37. The number of carbonyl (C=O) groups is 2. The van der Waals surface area contributed by atoms with Gasteiger partial charge in [-0.2, -0.15) is 0 Å². The molecule has 1 N–H and O–H groups in total. The third-order valence-corrected chi connectivity index (χ3v) is 4.30. The highest BCUT2D eigenvalue weighted by atomic mass is 16.4. The molecule has 1 aliphatic rings. The van der Waals surface area contributed by atoms with Crippen LogP contribution < -0.4 is 5.32 Å². The highest BCUT2D eigenvalue weighted by Crippen LogP contribution is 2.20. The van der Waals surface area contributed by atoms with Crippen LogP contribution in [-0.4, -0.2) is 41.3 Å². The van der Waals surface area contributed by atoms with Gasteiger partial charge in [0.25, 0.3) is 0 Å². The van der Waals surface area contributed by atoms with E-state index in [1.54, 1.807) is 11.1 Å². The molecule has 3 rings (SSSR count). The maximum absolute atomic E-state index is 11.9. The Labute approximate surface area is 147 Å². The summed E-state index contributed by atoms with van der Waals surface area (Å²) < 4.78 is 5.71. The zero-order valence-corrected chi connectivity index (χ0v) is 14.2. The van der Waals surface area contributed by atoms with Crippen LogP contribution in [0.3, 0.4) is 0 Å². The van der Waals surface area contributed by atoms with Crippen LogP contribution in [-0.2, 0) is 16.0 Å². The molecule has 25 heavy (non-hydrogen) atoms. The summed E-state index contributed by atoms with van der Waals surface area (Å²) in [5.74, 6) is 1.25. The largest absolute Gasteiger partial charge is 0.441 e. The van der Waals surface area contributed by atoms with Gasteiger partial charge in [0, 0.05) is 31.5 Å². The molecule has 1 aromatic carbocycles. The van der Waals surface area contributed by atoms with Gasteiger partial charge in [-0.25, -0.2) is 4.98 Å². The Bertz CT molecular complexity index is 706. The first-order chi connectivity index (χ1) is 12.2. The van der Waals surface area contributed by atoms with E-state index in [4.69, 9.17) is 4.42 Å². The Morgan fingerprint density at radius 1 is 1.16 bits per heavy atom. The molecule has 0 saturated carbocycles. The van der Waals surface area contributed by atoms with Crippen LogP contribution in [0.1, 0.15) is 31.6 Å². The van der Waals surface area contributed by atoms with Crippen molar-refractivity contribution >= 4 is 11.8 Å². The van der Waals surface area contributed by atoms with Crippen molar-refractivity contribution in [3.8, 4) is 11.3 Å². The fourth-order valence-electron chi connectivity index (χ4n) is 2.90. The molecular formula is C19H23N3O3. The van der Waals surface area contributed by atoms with Gasteiger partial charge in [0.1, 0.15) is 0 Å². The number of benzene rings is 1. The summed E-state index contributed by atoms with van der Waals surface area (Å²) in [5.41, 5.74) is 0.986. The van der Waals surface area contributed by atoms with Gasteiger partial charge in [0.05, 0.1) is 12.7 Å². The minimum Gasteiger partial charge on any atom is -0.441 e. The molecule has 0 atom stereocenters. The Morgan fingerprint density at radius 3 is 2.68 bits per heavy atom. The molecule has 0 bridgehead atoms. The van der Waals surface area contributed by atoms with Gasteiger partial charge in [-0.3, -0.25) is 9.59 Å². The number of rotatable bonds is 7. The molecule has 1 saturated heterocycles. The van der Waals surface area contributed by atoms with Crippen LogP contribution in [0.4, 0.5) is 0 Å². The number of aryl methyl sites for hydroxylation is 1. The minimum absolute atomic E-state index is 0.00561. The van der Waals surface area contributed by atoms with E-state index in [9.17, 15) is 9.59 Å². The van der Waals surface area contributed by atoms with Crippen molar-refractivity contribution in [1.29, 1.82) is 0 Å². The van der Waals surface area contributed by atoms with Crippen LogP contribution in [0.25, 0.3) is 11.3 Å². The average molecular weight is 341 g/mol. The smallest absolute Gasteiger partial charge is 0.241 e. The quantitative estimate of drug-likeness (QED) is 0.839. The second kappa shape index (κ2) is 8.46. The SMILES string of the molecule is O=C(CCCc1ncc(-c2ccccc2)o1)NCC(=O)N1CCCC1. The topological polar surface area (TPSA) is 75.4 Å². The minimum atomic E-state index is -0.109. The summed E-state index contributed by atoms with van der Waals surface area (Å²) in [6, 6.07) is 9.79. The van der Waals surface area contributed by atoms with Crippen LogP contribution in [0.5, 0.6) is 0 Å². The van der Waals surface area contributed by atoms with Crippen molar-refractivity contribution in [3.63, 3.8) is 0 Å². The van der Waals surface area contributed by atoms with Crippen molar-refractivity contribution in [2.75, 3.05) is 19.6 Å². The van der Waals surface area contributed by atoms with Gasteiger partial charge in [0.15, 0.2) is 11.7 Å². The lowest BCUT2D eigenvalue weighted by Gasteiger charge is -2.15. The molecule has 0 aliphatic carbocycles. The van der Waals surface area contributed by atoms with E-state index in [-0.39, 0.29) is 18.4 Å². The molecule has 132 valence electrons. The Morgan fingerprint density at radius 2 is 1.92 bits per heavy atom. The summed E-state index contributed by atoms with van der Waals surface area (Å²) in [6.07, 6.45) is 5.41. The molecule has 0 radical (unpaired) electrons. The van der Waals surface area contributed by atoms with E-state index in [0.717, 1.165) is 37.3 Å². The zero-order valence-electron chi connectivity index (χ0n) is 14.2. The molecule has 0 spiro atoms. The lowest BCUT2D eigenvalue weighted by Crippen LogP contribution is -2.38. The molecular weight excluding hydrogens is 318 g/mol. The van der Waals surface area contributed by atoms with Gasteiger partial charge in [0.2, 0.25) is 11.8 Å². The normalized spacial score (nSPS) is 13.8. The highest BCUT2D eigenvalue weighted by molar-refractivity contribution is 5.84. The van der Waals surface area contributed by atoms with Crippen molar-refractivity contribution in [2.24, 2.45) is 0 Å². The van der Waals surface area contributed by atoms with Crippen molar-refractivity contribution in [3.05, 3.63) is 42.4 Å². The van der Waals surface area contributed by atoms with Crippen LogP contribution in [0.2, 0.25) is 0 Å². The molecule has 1 fully saturated rings. The fraction of sp³-hybridized carbons (Fsp3) is 0.421. The Hall–Kier alpha value is -2.63. The van der Waals surface area contributed by atoms with Gasteiger partial charge < -0.3 is 14.6 Å². The summed E-state index contributed by atoms with van der Waals surface area (Å²) >= 11 is 0. The van der Waals surface area contributed by atoms with Gasteiger partial charge in [-0.1, -0.05) is 30.3 Å². The summed E-state index contributed by atoms with van der Waals surface area (Å²) in [4.78, 5) is 29.8. The number of hydrogen-bond donors (Lipinski definition) is 1. The first-order valence-electron chi connectivity index (χ1n) is 8.77. The molecule has 2 heterocycles. The predicted molar refractivity (Wildman–Crippen MR) is 93.7 cm³/mol. The zero-order chi connectivity index (χ0) is 17.5. The maximum Gasteiger partial charge on any atom is 0.241 e. The summed E-state index contributed by atoms with van der Waals surface area (Å²) in [6.45, 7) is 1.71. The second-order valence-electron chi connectivity index (χ2n) is 6.20. The van der Waals surface area contributed by atoms with Crippen molar-refractivity contribution < 1.29 is 14.0 Å². The van der Waals surface area contributed by atoms with Gasteiger partial charge >= 0.3 is 0 Å². The Kier molecular flexibility index (Phi) is 5.82. The number of oxazole rings is 1. The number of amides is 2. The lowest BCUT2D eigenvalue weighted by atomic mass is 10.2. The van der Waals surface area contributed by atoms with E-state index in [0.29, 0.717) is 25.2 Å². The first-order valence-corrected chi connectivity index (χ1v) is 8.77. The van der Waals surface area contributed by atoms with E-state index in [2.05, 4.69) is 10.3 Å². The molecule has 6 heteroatoms. The van der Waals surface area contributed by atoms with Crippen LogP contribution in [0.15, 0.2) is 40.9 Å². The average Bonchev–Trinajstić information content (AvgIpc) is 3.32. The summed E-state index contributed by atoms with van der Waals surface area (Å²) in [7, 11) is 0. The third-order valence-electron chi connectivity index (χ3n) is 4.30. The second-order valence-corrected chi connectivity index (χ2v) is 6.20. The van der Waals surface area contributed by atoms with Gasteiger partial charge in [-0.05, 0) is 19.3 Å². The van der Waals surface area contributed by atoms with E-state index in [1.807, 2.05) is 30.3 Å². The van der Waals surface area contributed by atoms with Crippen molar-refractivity contribution in [2.45, 2.75) is 32.1 Å². The standard InChI is InChI=1S/C19H23N3O3/c23-17(20-14-19(24)22-11-4-5-12-22)9-6-10-18-21-13-16(25-18)15-7-2-1-3-8-15/h1-3,7-8,13H,4-6,9-12,14H2,(H,20,23). The monoisotopic (exact) mass is 341 g/mol. The molecule has 2 aromatic rings. The number of aromatic nitrogens is 1. The molecule has 1 aromatic heterocycles. The number of nitrogens with one attached hydrogen (secondary N) is 1. The van der Waals surface area contributed by atoms with Crippen molar-refractivity contribution in [1.82, 2.24) is 15.2 Å². The number of nitrogens with zero attached hydrogens (tertiary/aromatic N) is 2. The molecule has 1 aliphatic heterocycles. The van der Waals surface area contributed by atoms with Crippen LogP contribution in [0, 0.1) is 0 Å².